The SMILES string of the molecule is O=C(CN1CCN(CC(=O)N[C@H](c2ccccc2)c2ccc(Cl)cc2)CC1)Nc1cccc(F)c1. The van der Waals surface area contributed by atoms with Crippen molar-refractivity contribution in [3.63, 3.8) is 0 Å². The molecule has 1 aliphatic rings. The Morgan fingerprint density at radius 2 is 1.40 bits per heavy atom. The molecule has 2 amide bonds. The maximum absolute atomic E-state index is 13.3. The first-order valence-corrected chi connectivity index (χ1v) is 11.9. The molecule has 1 heterocycles. The van der Waals surface area contributed by atoms with Crippen LogP contribution in [0.15, 0.2) is 78.9 Å². The monoisotopic (exact) mass is 494 g/mol. The Morgan fingerprint density at radius 1 is 0.800 bits per heavy atom. The van der Waals surface area contributed by atoms with E-state index in [1.165, 1.54) is 12.1 Å². The zero-order valence-corrected chi connectivity index (χ0v) is 20.0. The van der Waals surface area contributed by atoms with Gasteiger partial charge in [-0.15, -0.1) is 0 Å². The molecule has 3 aromatic rings. The van der Waals surface area contributed by atoms with Crippen molar-refractivity contribution < 1.29 is 14.0 Å². The maximum Gasteiger partial charge on any atom is 0.238 e. The zero-order chi connectivity index (χ0) is 24.6. The van der Waals surface area contributed by atoms with Crippen LogP contribution in [0.3, 0.4) is 0 Å². The summed E-state index contributed by atoms with van der Waals surface area (Å²) in [6, 6.07) is 22.9. The van der Waals surface area contributed by atoms with Gasteiger partial charge in [-0.2, -0.15) is 0 Å². The molecule has 0 aliphatic carbocycles. The van der Waals surface area contributed by atoms with Crippen molar-refractivity contribution in [1.29, 1.82) is 0 Å². The van der Waals surface area contributed by atoms with Crippen LogP contribution in [0.4, 0.5) is 10.1 Å². The van der Waals surface area contributed by atoms with Crippen LogP contribution in [0.25, 0.3) is 0 Å². The normalized spacial score (nSPS) is 15.4. The molecule has 8 heteroatoms. The fourth-order valence-corrected chi connectivity index (χ4v) is 4.27. The van der Waals surface area contributed by atoms with Gasteiger partial charge in [0.05, 0.1) is 19.1 Å². The number of carbonyl (C=O) groups excluding carboxylic acids is 2. The second-order valence-electron chi connectivity index (χ2n) is 8.57. The number of hydrogen-bond donors (Lipinski definition) is 2. The molecule has 35 heavy (non-hydrogen) atoms. The summed E-state index contributed by atoms with van der Waals surface area (Å²) >= 11 is 6.05. The van der Waals surface area contributed by atoms with Gasteiger partial charge in [-0.1, -0.05) is 60.1 Å². The molecule has 0 unspecified atom stereocenters. The summed E-state index contributed by atoms with van der Waals surface area (Å²) in [6.07, 6.45) is 0. The number of anilines is 1. The number of benzene rings is 3. The molecule has 1 atom stereocenters. The largest absolute Gasteiger partial charge is 0.344 e. The first kappa shape index (κ1) is 24.9. The lowest BCUT2D eigenvalue weighted by Gasteiger charge is -2.34. The molecule has 2 N–H and O–H groups in total. The van der Waals surface area contributed by atoms with Crippen molar-refractivity contribution in [3.05, 3.63) is 101 Å². The number of piperazine rings is 1. The number of carbonyl (C=O) groups is 2. The van der Waals surface area contributed by atoms with Crippen molar-refractivity contribution in [2.75, 3.05) is 44.6 Å². The molecule has 1 fully saturated rings. The van der Waals surface area contributed by atoms with E-state index in [9.17, 15) is 14.0 Å². The minimum atomic E-state index is -0.389. The van der Waals surface area contributed by atoms with Crippen LogP contribution in [-0.4, -0.2) is 60.9 Å². The molecule has 0 spiro atoms. The van der Waals surface area contributed by atoms with Crippen LogP contribution in [0.1, 0.15) is 17.2 Å². The average Bonchev–Trinajstić information content (AvgIpc) is 2.85. The predicted octanol–water partition coefficient (Wildman–Crippen LogP) is 3.94. The van der Waals surface area contributed by atoms with Crippen molar-refractivity contribution in [2.24, 2.45) is 0 Å². The van der Waals surface area contributed by atoms with Crippen molar-refractivity contribution >= 4 is 29.1 Å². The third-order valence-electron chi connectivity index (χ3n) is 5.95. The smallest absolute Gasteiger partial charge is 0.238 e. The predicted molar refractivity (Wildman–Crippen MR) is 136 cm³/mol. The molecular weight excluding hydrogens is 467 g/mol. The van der Waals surface area contributed by atoms with Gasteiger partial charge >= 0.3 is 0 Å². The molecule has 0 bridgehead atoms. The highest BCUT2D eigenvalue weighted by molar-refractivity contribution is 6.30. The minimum Gasteiger partial charge on any atom is -0.344 e. The Kier molecular flexibility index (Phi) is 8.47. The van der Waals surface area contributed by atoms with E-state index in [2.05, 4.69) is 15.5 Å². The van der Waals surface area contributed by atoms with E-state index in [4.69, 9.17) is 11.6 Å². The number of rotatable bonds is 8. The van der Waals surface area contributed by atoms with Gasteiger partial charge in [0.25, 0.3) is 0 Å². The molecule has 6 nitrogen and oxygen atoms in total. The molecule has 0 saturated carbocycles. The molecule has 3 aromatic carbocycles. The van der Waals surface area contributed by atoms with Crippen LogP contribution in [-0.2, 0) is 9.59 Å². The Bertz CT molecular complexity index is 1140. The molecule has 1 aliphatic heterocycles. The van der Waals surface area contributed by atoms with Gasteiger partial charge in [0, 0.05) is 36.9 Å². The van der Waals surface area contributed by atoms with Crippen LogP contribution in [0, 0.1) is 5.82 Å². The number of nitrogens with zero attached hydrogens (tertiary/aromatic N) is 2. The standard InChI is InChI=1S/C27H28ClFN4O2/c28-22-11-9-21(10-12-22)27(20-5-2-1-3-6-20)31-26(35)19-33-15-13-32(14-16-33)18-25(34)30-24-8-4-7-23(29)17-24/h1-12,17,27H,13-16,18-19H2,(H,30,34)(H,31,35)/t27-/m1/s1. The summed E-state index contributed by atoms with van der Waals surface area (Å²) in [6.45, 7) is 3.20. The van der Waals surface area contributed by atoms with Crippen LogP contribution in [0.2, 0.25) is 5.02 Å². The van der Waals surface area contributed by atoms with E-state index in [0.717, 1.165) is 11.1 Å². The fraction of sp³-hybridized carbons (Fsp3) is 0.259. The number of halogens is 2. The highest BCUT2D eigenvalue weighted by Crippen LogP contribution is 2.23. The minimum absolute atomic E-state index is 0.0638. The summed E-state index contributed by atoms with van der Waals surface area (Å²) in [5.41, 5.74) is 2.40. The van der Waals surface area contributed by atoms with E-state index in [1.54, 1.807) is 12.1 Å². The lowest BCUT2D eigenvalue weighted by molar-refractivity contribution is -0.124. The average molecular weight is 495 g/mol. The molecule has 4 rings (SSSR count). The van der Waals surface area contributed by atoms with E-state index in [-0.39, 0.29) is 36.8 Å². The fourth-order valence-electron chi connectivity index (χ4n) is 4.14. The first-order valence-electron chi connectivity index (χ1n) is 11.6. The quantitative estimate of drug-likeness (QED) is 0.498. The first-order chi connectivity index (χ1) is 17.0. The Labute approximate surface area is 209 Å². The van der Waals surface area contributed by atoms with Crippen LogP contribution in [0.5, 0.6) is 0 Å². The van der Waals surface area contributed by atoms with Gasteiger partial charge in [0.1, 0.15) is 5.82 Å². The van der Waals surface area contributed by atoms with Gasteiger partial charge in [-0.05, 0) is 41.5 Å². The van der Waals surface area contributed by atoms with Gasteiger partial charge in [-0.25, -0.2) is 4.39 Å². The van der Waals surface area contributed by atoms with E-state index in [1.807, 2.05) is 59.5 Å². The van der Waals surface area contributed by atoms with Crippen LogP contribution >= 0.6 is 11.6 Å². The van der Waals surface area contributed by atoms with Gasteiger partial charge in [-0.3, -0.25) is 19.4 Å². The Morgan fingerprint density at radius 3 is 2.03 bits per heavy atom. The maximum atomic E-state index is 13.3. The summed E-state index contributed by atoms with van der Waals surface area (Å²) < 4.78 is 13.3. The van der Waals surface area contributed by atoms with Gasteiger partial charge in [0.15, 0.2) is 0 Å². The van der Waals surface area contributed by atoms with E-state index < -0.39 is 0 Å². The number of hydrogen-bond acceptors (Lipinski definition) is 4. The highest BCUT2D eigenvalue weighted by atomic mass is 35.5. The number of nitrogens with one attached hydrogen (secondary N) is 2. The van der Waals surface area contributed by atoms with Crippen molar-refractivity contribution in [2.45, 2.75) is 6.04 Å². The topological polar surface area (TPSA) is 64.7 Å². The molecule has 0 radical (unpaired) electrons. The molecule has 182 valence electrons. The van der Waals surface area contributed by atoms with Gasteiger partial charge in [0.2, 0.25) is 11.8 Å². The zero-order valence-electron chi connectivity index (χ0n) is 19.3. The lowest BCUT2D eigenvalue weighted by Crippen LogP contribution is -2.51. The molecule has 1 saturated heterocycles. The third-order valence-corrected chi connectivity index (χ3v) is 6.20. The summed E-state index contributed by atoms with van der Waals surface area (Å²) in [5, 5.41) is 6.53. The van der Waals surface area contributed by atoms with E-state index >= 15 is 0 Å². The Hall–Kier alpha value is -3.26. The summed E-state index contributed by atoms with van der Waals surface area (Å²) in [7, 11) is 0. The van der Waals surface area contributed by atoms with E-state index in [0.29, 0.717) is 36.9 Å². The van der Waals surface area contributed by atoms with Crippen LogP contribution < -0.4 is 10.6 Å². The van der Waals surface area contributed by atoms with Gasteiger partial charge < -0.3 is 10.6 Å². The van der Waals surface area contributed by atoms with Crippen molar-refractivity contribution in [3.8, 4) is 0 Å². The highest BCUT2D eigenvalue weighted by Gasteiger charge is 2.23. The molecule has 0 aromatic heterocycles. The lowest BCUT2D eigenvalue weighted by atomic mass is 9.98. The molecular formula is C27H28ClFN4O2. The Balaban J connectivity index is 1.27. The third kappa shape index (κ3) is 7.36. The van der Waals surface area contributed by atoms with Crippen molar-refractivity contribution in [1.82, 2.24) is 15.1 Å². The second-order valence-corrected chi connectivity index (χ2v) is 9.01. The summed E-state index contributed by atoms with van der Waals surface area (Å²) in [5.74, 6) is -0.637. The second kappa shape index (κ2) is 11.9. The summed E-state index contributed by atoms with van der Waals surface area (Å²) in [4.78, 5) is 29.4. The number of amides is 2.